The van der Waals surface area contributed by atoms with Crippen LogP contribution in [0.1, 0.15) is 29.7 Å². The Morgan fingerprint density at radius 2 is 2.13 bits per heavy atom. The van der Waals surface area contributed by atoms with Crippen LogP contribution in [0.15, 0.2) is 24.3 Å². The molecule has 4 nitrogen and oxygen atoms in total. The Labute approximate surface area is 132 Å². The Morgan fingerprint density at radius 3 is 2.87 bits per heavy atom. The molecule has 1 aromatic carbocycles. The fourth-order valence-electron chi connectivity index (χ4n) is 2.83. The van der Waals surface area contributed by atoms with E-state index in [-0.39, 0.29) is 0 Å². The Morgan fingerprint density at radius 1 is 1.30 bits per heavy atom. The molecule has 0 spiro atoms. The van der Waals surface area contributed by atoms with Gasteiger partial charge in [-0.15, -0.1) is 0 Å². The largest absolute Gasteiger partial charge is 0.416 e. The third-order valence-electron chi connectivity index (χ3n) is 3.91. The zero-order valence-corrected chi connectivity index (χ0v) is 12.8. The summed E-state index contributed by atoms with van der Waals surface area (Å²) in [5, 5.41) is 7.77. The second-order valence-electron chi connectivity index (χ2n) is 5.55. The van der Waals surface area contributed by atoms with Crippen molar-refractivity contribution in [1.82, 2.24) is 9.78 Å². The number of nitrogens with one attached hydrogen (secondary N) is 1. The number of ether oxygens (including phenoxy) is 1. The van der Waals surface area contributed by atoms with Crippen LogP contribution in [0, 0.1) is 0 Å². The van der Waals surface area contributed by atoms with Crippen molar-refractivity contribution in [3.8, 4) is 5.69 Å². The zero-order valence-electron chi connectivity index (χ0n) is 12.8. The van der Waals surface area contributed by atoms with E-state index in [1.165, 1.54) is 6.07 Å². The molecule has 0 radical (unpaired) electrons. The fraction of sp³-hybridized carbons (Fsp3) is 0.438. The summed E-state index contributed by atoms with van der Waals surface area (Å²) in [5.41, 5.74) is 1.52. The van der Waals surface area contributed by atoms with E-state index in [2.05, 4.69) is 10.4 Å². The molecule has 0 amide bonds. The van der Waals surface area contributed by atoms with Gasteiger partial charge >= 0.3 is 6.18 Å². The minimum atomic E-state index is -4.37. The van der Waals surface area contributed by atoms with Crippen LogP contribution in [0.4, 0.5) is 19.0 Å². The van der Waals surface area contributed by atoms with Gasteiger partial charge in [0.2, 0.25) is 0 Å². The van der Waals surface area contributed by atoms with Crippen LogP contribution in [-0.2, 0) is 23.9 Å². The number of halogens is 3. The first-order valence-electron chi connectivity index (χ1n) is 7.52. The standard InChI is InChI=1S/C16H18F3N3O/c1-23-10-14-13-7-2-3-8-20-15(13)22(21-14)12-6-4-5-11(9-12)16(17,18)19/h4-6,9,20H,2-3,7-8,10H2,1H3. The molecule has 1 aliphatic rings. The predicted molar refractivity (Wildman–Crippen MR) is 80.7 cm³/mol. The summed E-state index contributed by atoms with van der Waals surface area (Å²) in [4.78, 5) is 0. The van der Waals surface area contributed by atoms with Gasteiger partial charge in [0.15, 0.2) is 0 Å². The van der Waals surface area contributed by atoms with Gasteiger partial charge < -0.3 is 10.1 Å². The number of fused-ring (bicyclic) bond motifs is 1. The lowest BCUT2D eigenvalue weighted by Crippen LogP contribution is -2.09. The topological polar surface area (TPSA) is 39.1 Å². The van der Waals surface area contributed by atoms with Crippen LogP contribution in [0.3, 0.4) is 0 Å². The van der Waals surface area contributed by atoms with Crippen molar-refractivity contribution in [3.63, 3.8) is 0 Å². The second-order valence-corrected chi connectivity index (χ2v) is 5.55. The smallest absolute Gasteiger partial charge is 0.378 e. The lowest BCUT2D eigenvalue weighted by molar-refractivity contribution is -0.137. The number of alkyl halides is 3. The van der Waals surface area contributed by atoms with Gasteiger partial charge in [0, 0.05) is 19.2 Å². The van der Waals surface area contributed by atoms with Gasteiger partial charge in [-0.05, 0) is 37.5 Å². The SMILES string of the molecule is COCc1nn(-c2cccc(C(F)(F)F)c2)c2c1CCCCN2. The number of nitrogens with zero attached hydrogens (tertiary/aromatic N) is 2. The summed E-state index contributed by atoms with van der Waals surface area (Å²) in [7, 11) is 1.58. The highest BCUT2D eigenvalue weighted by Gasteiger charge is 2.31. The monoisotopic (exact) mass is 325 g/mol. The van der Waals surface area contributed by atoms with Crippen LogP contribution >= 0.6 is 0 Å². The number of anilines is 1. The third-order valence-corrected chi connectivity index (χ3v) is 3.91. The number of hydrogen-bond donors (Lipinski definition) is 1. The van der Waals surface area contributed by atoms with Crippen molar-refractivity contribution in [2.24, 2.45) is 0 Å². The van der Waals surface area contributed by atoms with Crippen molar-refractivity contribution >= 4 is 5.82 Å². The van der Waals surface area contributed by atoms with E-state index in [9.17, 15) is 13.2 Å². The highest BCUT2D eigenvalue weighted by Crippen LogP contribution is 2.33. The molecule has 1 N–H and O–H groups in total. The van der Waals surface area contributed by atoms with E-state index in [4.69, 9.17) is 4.74 Å². The van der Waals surface area contributed by atoms with E-state index in [1.54, 1.807) is 17.9 Å². The molecule has 2 heterocycles. The van der Waals surface area contributed by atoms with Crippen molar-refractivity contribution in [1.29, 1.82) is 0 Å². The first-order valence-corrected chi connectivity index (χ1v) is 7.52. The quantitative estimate of drug-likeness (QED) is 0.933. The highest BCUT2D eigenvalue weighted by atomic mass is 19.4. The summed E-state index contributed by atoms with van der Waals surface area (Å²) in [6.45, 7) is 1.13. The van der Waals surface area contributed by atoms with Gasteiger partial charge in [-0.3, -0.25) is 0 Å². The molecular weight excluding hydrogens is 307 g/mol. The maximum atomic E-state index is 12.9. The maximum Gasteiger partial charge on any atom is 0.416 e. The van der Waals surface area contributed by atoms with Gasteiger partial charge in [-0.2, -0.15) is 18.3 Å². The Hall–Kier alpha value is -2.02. The van der Waals surface area contributed by atoms with Crippen molar-refractivity contribution in [2.75, 3.05) is 19.0 Å². The van der Waals surface area contributed by atoms with Crippen molar-refractivity contribution in [3.05, 3.63) is 41.1 Å². The molecule has 2 aromatic rings. The summed E-state index contributed by atoms with van der Waals surface area (Å²) in [6.07, 6.45) is -1.49. The number of hydrogen-bond acceptors (Lipinski definition) is 3. The summed E-state index contributed by atoms with van der Waals surface area (Å²) >= 11 is 0. The summed E-state index contributed by atoms with van der Waals surface area (Å²) in [5.74, 6) is 0.772. The molecule has 0 unspecified atom stereocenters. The van der Waals surface area contributed by atoms with E-state index in [0.29, 0.717) is 12.3 Å². The molecule has 0 fully saturated rings. The number of rotatable bonds is 3. The van der Waals surface area contributed by atoms with E-state index in [0.717, 1.165) is 55.0 Å². The highest BCUT2D eigenvalue weighted by molar-refractivity contribution is 5.54. The first-order chi connectivity index (χ1) is 11.0. The Balaban J connectivity index is 2.09. The first kappa shape index (κ1) is 15.9. The average Bonchev–Trinajstić information content (AvgIpc) is 2.70. The zero-order chi connectivity index (χ0) is 16.4. The van der Waals surface area contributed by atoms with Crippen LogP contribution in [-0.4, -0.2) is 23.4 Å². The molecule has 0 saturated carbocycles. The van der Waals surface area contributed by atoms with E-state index < -0.39 is 11.7 Å². The summed E-state index contributed by atoms with van der Waals surface area (Å²) in [6, 6.07) is 5.22. The van der Waals surface area contributed by atoms with Gasteiger partial charge in [-0.1, -0.05) is 6.07 Å². The molecule has 0 saturated heterocycles. The molecule has 0 aliphatic carbocycles. The van der Waals surface area contributed by atoms with Gasteiger partial charge in [-0.25, -0.2) is 4.68 Å². The van der Waals surface area contributed by atoms with Crippen LogP contribution in [0.25, 0.3) is 5.69 Å². The molecule has 0 bridgehead atoms. The minimum Gasteiger partial charge on any atom is -0.378 e. The Kier molecular flexibility index (Phi) is 4.30. The average molecular weight is 325 g/mol. The fourth-order valence-corrected chi connectivity index (χ4v) is 2.83. The number of aromatic nitrogens is 2. The lowest BCUT2D eigenvalue weighted by Gasteiger charge is -2.12. The molecule has 23 heavy (non-hydrogen) atoms. The summed E-state index contributed by atoms with van der Waals surface area (Å²) < 4.78 is 45.6. The minimum absolute atomic E-state index is 0.343. The number of methoxy groups -OCH3 is 1. The molecule has 0 atom stereocenters. The van der Waals surface area contributed by atoms with Crippen LogP contribution in [0.5, 0.6) is 0 Å². The van der Waals surface area contributed by atoms with Gasteiger partial charge in [0.05, 0.1) is 23.6 Å². The third kappa shape index (κ3) is 3.19. The van der Waals surface area contributed by atoms with Gasteiger partial charge in [0.1, 0.15) is 5.82 Å². The second kappa shape index (κ2) is 6.23. The lowest BCUT2D eigenvalue weighted by atomic mass is 10.1. The van der Waals surface area contributed by atoms with Crippen molar-refractivity contribution < 1.29 is 17.9 Å². The van der Waals surface area contributed by atoms with Crippen LogP contribution in [0.2, 0.25) is 0 Å². The Bertz CT molecular complexity index is 694. The molecule has 1 aromatic heterocycles. The maximum absolute atomic E-state index is 12.9. The van der Waals surface area contributed by atoms with E-state index in [1.807, 2.05) is 0 Å². The molecule has 1 aliphatic heterocycles. The van der Waals surface area contributed by atoms with Crippen molar-refractivity contribution in [2.45, 2.75) is 32.0 Å². The molecule has 7 heteroatoms. The predicted octanol–water partition coefficient (Wildman–Crippen LogP) is 3.79. The van der Waals surface area contributed by atoms with Crippen LogP contribution < -0.4 is 5.32 Å². The van der Waals surface area contributed by atoms with Gasteiger partial charge in [0.25, 0.3) is 0 Å². The number of benzene rings is 1. The molecule has 3 rings (SSSR count). The normalized spacial score (nSPS) is 15.0. The van der Waals surface area contributed by atoms with E-state index >= 15 is 0 Å². The molecular formula is C16H18F3N3O. The molecule has 124 valence electrons.